The van der Waals surface area contributed by atoms with Crippen LogP contribution in [0.25, 0.3) is 5.69 Å². The highest BCUT2D eigenvalue weighted by molar-refractivity contribution is 14.1. The molecule has 0 aliphatic heterocycles. The Morgan fingerprint density at radius 2 is 1.76 bits per heavy atom. The Hall–Kier alpha value is -0.985. The normalized spacial score (nSPS) is 11.5. The van der Waals surface area contributed by atoms with Crippen LogP contribution in [0.15, 0.2) is 36.5 Å². The average molecular weight is 350 g/mol. The maximum Gasteiger partial charge on any atom is 0.433 e. The Labute approximate surface area is 110 Å². The number of hydrogen-bond donors (Lipinski definition) is 0. The van der Waals surface area contributed by atoms with Crippen molar-refractivity contribution in [2.24, 2.45) is 0 Å². The number of benzene rings is 1. The summed E-state index contributed by atoms with van der Waals surface area (Å²) in [5.41, 5.74) is 0.714. The summed E-state index contributed by atoms with van der Waals surface area (Å²) < 4.78 is 38.9. The predicted octanol–water partition coefficient (Wildman–Crippen LogP) is 2.30. The molecule has 0 aliphatic rings. The van der Waals surface area contributed by atoms with Crippen molar-refractivity contribution in [3.05, 3.63) is 42.2 Å². The third-order valence-corrected chi connectivity index (χ3v) is 3.15. The molecule has 2 rings (SSSR count). The van der Waals surface area contributed by atoms with Gasteiger partial charge >= 0.3 is 6.18 Å². The van der Waals surface area contributed by atoms with E-state index in [1.165, 1.54) is 0 Å². The van der Waals surface area contributed by atoms with Crippen LogP contribution in [0.5, 0.6) is 0 Å². The van der Waals surface area contributed by atoms with E-state index in [2.05, 4.69) is 27.5 Å². The molecule has 0 amide bonds. The summed E-state index contributed by atoms with van der Waals surface area (Å²) in [7, 11) is 0. The molecule has 0 N–H and O–H groups in total. The van der Waals surface area contributed by atoms with E-state index in [1.807, 2.05) is 0 Å². The van der Waals surface area contributed by atoms with Gasteiger partial charge in [-0.1, -0.05) is 17.6 Å². The third-order valence-electron chi connectivity index (χ3n) is 2.27. The van der Waals surface area contributed by atoms with Crippen molar-refractivity contribution in [2.45, 2.75) is 6.18 Å². The number of rotatable bonds is 2. The molecule has 0 radical (unpaired) electrons. The first-order valence-electron chi connectivity index (χ1n) is 4.79. The first-order chi connectivity index (χ1) is 8.02. The fourth-order valence-corrected chi connectivity index (χ4v) is 1.96. The van der Waals surface area contributed by atoms with Crippen molar-refractivity contribution in [3.63, 3.8) is 0 Å². The molecule has 0 bridgehead atoms. The molecular formula is C10H7BF3IN2. The summed E-state index contributed by atoms with van der Waals surface area (Å²) in [5, 5.41) is 4.53. The van der Waals surface area contributed by atoms with Crippen LogP contribution < -0.4 is 5.46 Å². The van der Waals surface area contributed by atoms with E-state index in [1.54, 1.807) is 24.3 Å². The van der Waals surface area contributed by atoms with Gasteiger partial charge in [-0.05, 0) is 18.2 Å². The van der Waals surface area contributed by atoms with Crippen molar-refractivity contribution >= 4 is 33.0 Å². The number of hydrogen-bond acceptors (Lipinski definition) is 1. The summed E-state index contributed by atoms with van der Waals surface area (Å²) in [6.07, 6.45) is -3.24. The Balaban J connectivity index is 2.43. The van der Waals surface area contributed by atoms with Crippen LogP contribution in [0, 0.1) is 0 Å². The minimum absolute atomic E-state index is 0.413. The molecule has 0 atom stereocenters. The van der Waals surface area contributed by atoms with E-state index >= 15 is 0 Å². The van der Waals surface area contributed by atoms with Crippen molar-refractivity contribution in [3.8, 4) is 5.69 Å². The summed E-state index contributed by atoms with van der Waals surface area (Å²) in [6, 6.07) is 7.83. The lowest BCUT2D eigenvalue weighted by molar-refractivity contribution is -0.142. The smallest absolute Gasteiger partial charge is 0.229 e. The topological polar surface area (TPSA) is 17.8 Å². The van der Waals surface area contributed by atoms with Gasteiger partial charge in [0.05, 0.1) is 11.9 Å². The molecule has 0 saturated carbocycles. The van der Waals surface area contributed by atoms with E-state index in [4.69, 9.17) is 0 Å². The summed E-state index contributed by atoms with van der Waals surface area (Å²) in [4.78, 5) is 0. The van der Waals surface area contributed by atoms with E-state index in [0.29, 0.717) is 5.69 Å². The molecule has 2 aromatic rings. The highest BCUT2D eigenvalue weighted by Gasteiger charge is 2.35. The lowest BCUT2D eigenvalue weighted by Crippen LogP contribution is -2.14. The highest BCUT2D eigenvalue weighted by atomic mass is 127. The monoisotopic (exact) mass is 350 g/mol. The van der Waals surface area contributed by atoms with Crippen LogP contribution in [0.4, 0.5) is 13.2 Å². The summed E-state index contributed by atoms with van der Waals surface area (Å²) >= 11 is 2.20. The molecule has 0 saturated heterocycles. The molecule has 1 aromatic carbocycles. The van der Waals surface area contributed by atoms with Crippen LogP contribution >= 0.6 is 22.4 Å². The minimum atomic E-state index is -4.39. The Bertz CT molecular complexity index is 507. The molecule has 1 heterocycles. The van der Waals surface area contributed by atoms with Gasteiger partial charge in [-0.15, -0.1) is 22.4 Å². The van der Waals surface area contributed by atoms with Crippen LogP contribution in [-0.4, -0.2) is 14.9 Å². The zero-order valence-electron chi connectivity index (χ0n) is 8.58. The third kappa shape index (κ3) is 2.64. The lowest BCUT2D eigenvalue weighted by atomic mass is 9.96. The molecule has 1 aromatic heterocycles. The summed E-state index contributed by atoms with van der Waals surface area (Å²) in [5.74, 6) is 0. The Morgan fingerprint density at radius 1 is 1.12 bits per heavy atom. The SMILES string of the molecule is FC(F)(F)c1ccnn1-c1ccc(BI)cc1. The molecule has 17 heavy (non-hydrogen) atoms. The lowest BCUT2D eigenvalue weighted by Gasteiger charge is -2.10. The van der Waals surface area contributed by atoms with Crippen molar-refractivity contribution in [1.82, 2.24) is 9.78 Å². The van der Waals surface area contributed by atoms with Gasteiger partial charge in [0.2, 0.25) is 5.14 Å². The van der Waals surface area contributed by atoms with Gasteiger partial charge in [-0.25, -0.2) is 4.68 Å². The molecule has 88 valence electrons. The van der Waals surface area contributed by atoms with Gasteiger partial charge in [0.1, 0.15) is 5.69 Å². The molecule has 2 nitrogen and oxygen atoms in total. The minimum Gasteiger partial charge on any atom is -0.229 e. The van der Waals surface area contributed by atoms with Crippen LogP contribution in [0.1, 0.15) is 5.69 Å². The zero-order valence-corrected chi connectivity index (χ0v) is 10.7. The van der Waals surface area contributed by atoms with E-state index in [9.17, 15) is 13.2 Å². The van der Waals surface area contributed by atoms with Gasteiger partial charge in [-0.2, -0.15) is 18.3 Å². The second kappa shape index (κ2) is 4.71. The van der Waals surface area contributed by atoms with E-state index < -0.39 is 11.9 Å². The van der Waals surface area contributed by atoms with Crippen molar-refractivity contribution in [1.29, 1.82) is 0 Å². The van der Waals surface area contributed by atoms with Gasteiger partial charge in [0, 0.05) is 0 Å². The number of halogens is 4. The van der Waals surface area contributed by atoms with Crippen LogP contribution in [-0.2, 0) is 6.18 Å². The first kappa shape index (κ1) is 12.5. The number of nitrogens with zero attached hydrogens (tertiary/aromatic N) is 2. The standard InChI is InChI=1S/C10H7BF3IN2/c12-10(13,14)9-5-6-16-17(9)8-3-1-7(11-15)2-4-8/h1-6,11H. The van der Waals surface area contributed by atoms with Gasteiger partial charge < -0.3 is 0 Å². The largest absolute Gasteiger partial charge is 0.433 e. The Morgan fingerprint density at radius 3 is 2.29 bits per heavy atom. The second-order valence-electron chi connectivity index (χ2n) is 3.43. The average Bonchev–Trinajstić information content (AvgIpc) is 2.78. The van der Waals surface area contributed by atoms with Crippen molar-refractivity contribution < 1.29 is 13.2 Å². The molecular weight excluding hydrogens is 343 g/mol. The predicted molar refractivity (Wildman–Crippen MR) is 69.4 cm³/mol. The molecule has 0 spiro atoms. The fourth-order valence-electron chi connectivity index (χ4n) is 1.45. The molecule has 0 unspecified atom stereocenters. The van der Waals surface area contributed by atoms with Gasteiger partial charge in [0.25, 0.3) is 0 Å². The molecule has 0 aliphatic carbocycles. The van der Waals surface area contributed by atoms with Crippen LogP contribution in [0.2, 0.25) is 0 Å². The first-order valence-corrected chi connectivity index (χ1v) is 6.31. The fraction of sp³-hybridized carbons (Fsp3) is 0.100. The van der Waals surface area contributed by atoms with Gasteiger partial charge in [-0.3, -0.25) is 0 Å². The maximum absolute atomic E-state index is 12.7. The quantitative estimate of drug-likeness (QED) is 0.601. The van der Waals surface area contributed by atoms with Crippen molar-refractivity contribution in [2.75, 3.05) is 0 Å². The second-order valence-corrected chi connectivity index (χ2v) is 4.19. The maximum atomic E-state index is 12.7. The van der Waals surface area contributed by atoms with E-state index in [0.717, 1.165) is 27.5 Å². The Kier molecular flexibility index (Phi) is 3.46. The zero-order chi connectivity index (χ0) is 12.5. The van der Waals surface area contributed by atoms with E-state index in [-0.39, 0.29) is 0 Å². The molecule has 7 heteroatoms. The van der Waals surface area contributed by atoms with Crippen LogP contribution in [0.3, 0.4) is 0 Å². The summed E-state index contributed by atoms with van der Waals surface area (Å²) in [6.45, 7) is 0. The highest BCUT2D eigenvalue weighted by Crippen LogP contribution is 2.30. The number of alkyl halides is 3. The van der Waals surface area contributed by atoms with Gasteiger partial charge in [0.15, 0.2) is 0 Å². The number of aromatic nitrogens is 2. The molecule has 0 fully saturated rings.